The minimum atomic E-state index is -1.31. The third-order valence-electron chi connectivity index (χ3n) is 2.40. The van der Waals surface area contributed by atoms with E-state index in [0.717, 1.165) is 0 Å². The van der Waals surface area contributed by atoms with E-state index in [0.29, 0.717) is 12.1 Å². The molecule has 1 unspecified atom stereocenters. The summed E-state index contributed by atoms with van der Waals surface area (Å²) in [5.74, 6) is -2.56. The normalized spacial score (nSPS) is 12.5. The maximum atomic E-state index is 10.9. The van der Waals surface area contributed by atoms with Crippen LogP contribution in [0, 0.1) is 27.4 Å². The van der Waals surface area contributed by atoms with E-state index in [1.807, 2.05) is 0 Å². The lowest BCUT2D eigenvalue weighted by atomic mass is 10.0. The zero-order chi connectivity index (χ0) is 14.4. The average Bonchev–Trinajstić information content (AvgIpc) is 2.38. The Morgan fingerprint density at radius 1 is 1.53 bits per heavy atom. The van der Waals surface area contributed by atoms with Crippen LogP contribution in [0.25, 0.3) is 0 Å². The van der Waals surface area contributed by atoms with Gasteiger partial charge in [0.05, 0.1) is 16.7 Å². The van der Waals surface area contributed by atoms with Crippen LogP contribution in [0.2, 0.25) is 0 Å². The van der Waals surface area contributed by atoms with Gasteiger partial charge >= 0.3 is 5.97 Å². The summed E-state index contributed by atoms with van der Waals surface area (Å²) in [6.07, 6.45) is 0.307. The molecule has 0 radical (unpaired) electrons. The van der Waals surface area contributed by atoms with Crippen LogP contribution >= 0.6 is 0 Å². The van der Waals surface area contributed by atoms with Gasteiger partial charge in [-0.1, -0.05) is 6.92 Å². The quantitative estimate of drug-likeness (QED) is 0.495. The highest BCUT2D eigenvalue weighted by molar-refractivity contribution is 6.04. The molecule has 98 valence electrons. The largest absolute Gasteiger partial charge is 0.480 e. The molecule has 0 amide bonds. The lowest BCUT2D eigenvalue weighted by molar-refractivity contribution is -0.384. The molecule has 0 heterocycles. The first kappa shape index (κ1) is 14.3. The number of carboxylic acids is 1. The molecule has 19 heavy (non-hydrogen) atoms. The highest BCUT2D eigenvalue weighted by Gasteiger charge is 2.22. The fraction of sp³-hybridized carbons (Fsp3) is 0.250. The van der Waals surface area contributed by atoms with Gasteiger partial charge in [-0.25, -0.2) is 0 Å². The van der Waals surface area contributed by atoms with E-state index in [1.165, 1.54) is 24.3 Å². The molecular formula is C12H11N3O4. The van der Waals surface area contributed by atoms with Gasteiger partial charge in [0.1, 0.15) is 0 Å². The molecule has 7 heteroatoms. The van der Waals surface area contributed by atoms with Crippen molar-refractivity contribution in [2.45, 2.75) is 13.3 Å². The Morgan fingerprint density at radius 3 is 2.47 bits per heavy atom. The lowest BCUT2D eigenvalue weighted by Gasteiger charge is -2.06. The van der Waals surface area contributed by atoms with Gasteiger partial charge in [0.2, 0.25) is 0 Å². The van der Waals surface area contributed by atoms with Crippen LogP contribution in [-0.2, 0) is 4.79 Å². The number of hydrogen-bond acceptors (Lipinski definition) is 5. The zero-order valence-corrected chi connectivity index (χ0v) is 10.1. The molecule has 0 aromatic heterocycles. The van der Waals surface area contributed by atoms with Crippen molar-refractivity contribution in [2.24, 2.45) is 10.9 Å². The molecule has 7 nitrogen and oxygen atoms in total. The third kappa shape index (κ3) is 3.61. The van der Waals surface area contributed by atoms with Gasteiger partial charge < -0.3 is 5.11 Å². The fourth-order valence-electron chi connectivity index (χ4n) is 1.43. The Balaban J connectivity index is 3.08. The first-order valence-corrected chi connectivity index (χ1v) is 5.44. The summed E-state index contributed by atoms with van der Waals surface area (Å²) in [5.41, 5.74) is 0.514. The van der Waals surface area contributed by atoms with Gasteiger partial charge in [0, 0.05) is 17.8 Å². The van der Waals surface area contributed by atoms with Gasteiger partial charge in [0.15, 0.2) is 5.92 Å². The van der Waals surface area contributed by atoms with E-state index in [-0.39, 0.29) is 11.4 Å². The second kappa shape index (κ2) is 6.26. The van der Waals surface area contributed by atoms with Crippen LogP contribution in [0.15, 0.2) is 29.3 Å². The van der Waals surface area contributed by atoms with Crippen molar-refractivity contribution in [1.29, 1.82) is 5.26 Å². The van der Waals surface area contributed by atoms with Crippen LogP contribution in [0.5, 0.6) is 0 Å². The topological polar surface area (TPSA) is 117 Å². The van der Waals surface area contributed by atoms with Crippen molar-refractivity contribution < 1.29 is 14.8 Å². The molecule has 0 fully saturated rings. The highest BCUT2D eigenvalue weighted by Crippen LogP contribution is 2.19. The molecule has 0 saturated heterocycles. The van der Waals surface area contributed by atoms with Crippen molar-refractivity contribution >= 4 is 23.1 Å². The number of hydrogen-bond donors (Lipinski definition) is 1. The summed E-state index contributed by atoms with van der Waals surface area (Å²) in [6, 6.07) is 7.02. The standard InChI is InChI=1S/C12H11N3O4/c1-2-11(10(7-13)12(16)17)14-8-3-5-9(6-4-8)15(18)19/h3-6,10H,2H2,1H3,(H,16,17). The minimum Gasteiger partial charge on any atom is -0.480 e. The van der Waals surface area contributed by atoms with Crippen LogP contribution in [0.4, 0.5) is 11.4 Å². The Kier molecular flexibility index (Phi) is 4.71. The predicted octanol–water partition coefficient (Wildman–Crippen LogP) is 2.30. The Bertz CT molecular complexity index is 557. The molecule has 0 bridgehead atoms. The molecule has 0 aliphatic rings. The first-order valence-electron chi connectivity index (χ1n) is 5.44. The van der Waals surface area contributed by atoms with Crippen LogP contribution in [0.1, 0.15) is 13.3 Å². The fourth-order valence-corrected chi connectivity index (χ4v) is 1.43. The summed E-state index contributed by atoms with van der Waals surface area (Å²) in [5, 5.41) is 28.2. The molecular weight excluding hydrogens is 250 g/mol. The smallest absolute Gasteiger partial charge is 0.326 e. The Hall–Kier alpha value is -2.75. The number of carbonyl (C=O) groups is 1. The van der Waals surface area contributed by atoms with Crippen molar-refractivity contribution in [3.63, 3.8) is 0 Å². The highest BCUT2D eigenvalue weighted by atomic mass is 16.6. The van der Waals surface area contributed by atoms with Gasteiger partial charge in [-0.2, -0.15) is 5.26 Å². The Labute approximate surface area is 109 Å². The maximum absolute atomic E-state index is 10.9. The molecule has 1 rings (SSSR count). The van der Waals surface area contributed by atoms with E-state index < -0.39 is 16.8 Å². The van der Waals surface area contributed by atoms with E-state index in [4.69, 9.17) is 10.4 Å². The van der Waals surface area contributed by atoms with E-state index in [9.17, 15) is 14.9 Å². The van der Waals surface area contributed by atoms with Gasteiger partial charge in [-0.05, 0) is 18.6 Å². The number of nitrogens with zero attached hydrogens (tertiary/aromatic N) is 3. The van der Waals surface area contributed by atoms with Gasteiger partial charge in [0.25, 0.3) is 5.69 Å². The van der Waals surface area contributed by atoms with E-state index in [2.05, 4.69) is 4.99 Å². The number of nitro benzene ring substituents is 1. The van der Waals surface area contributed by atoms with Crippen LogP contribution < -0.4 is 0 Å². The van der Waals surface area contributed by atoms with Gasteiger partial charge in [-0.15, -0.1) is 0 Å². The number of benzene rings is 1. The molecule has 1 N–H and O–H groups in total. The molecule has 0 spiro atoms. The summed E-state index contributed by atoms with van der Waals surface area (Å²) in [7, 11) is 0. The molecule has 1 aromatic carbocycles. The number of rotatable bonds is 5. The minimum absolute atomic E-state index is 0.0768. The number of carboxylic acid groups (broad SMARTS) is 1. The SMILES string of the molecule is CCC(=Nc1ccc([N+](=O)[O-])cc1)C(C#N)C(=O)O. The van der Waals surface area contributed by atoms with Crippen LogP contribution in [-0.4, -0.2) is 21.7 Å². The molecule has 1 aromatic rings. The third-order valence-corrected chi connectivity index (χ3v) is 2.40. The van der Waals surface area contributed by atoms with Crippen molar-refractivity contribution in [1.82, 2.24) is 0 Å². The number of nitro groups is 1. The van der Waals surface area contributed by atoms with Crippen molar-refractivity contribution in [3.05, 3.63) is 34.4 Å². The second-order valence-electron chi connectivity index (χ2n) is 3.63. The number of aliphatic carboxylic acids is 1. The van der Waals surface area contributed by atoms with E-state index in [1.54, 1.807) is 13.0 Å². The summed E-state index contributed by atoms with van der Waals surface area (Å²) in [4.78, 5) is 24.9. The predicted molar refractivity (Wildman–Crippen MR) is 67.2 cm³/mol. The number of aliphatic imine (C=N–C) groups is 1. The zero-order valence-electron chi connectivity index (χ0n) is 10.1. The molecule has 0 aliphatic heterocycles. The number of nitriles is 1. The molecule has 0 saturated carbocycles. The molecule has 0 aliphatic carbocycles. The number of non-ortho nitro benzene ring substituents is 1. The summed E-state index contributed by atoms with van der Waals surface area (Å²) < 4.78 is 0. The molecule has 1 atom stereocenters. The average molecular weight is 261 g/mol. The lowest BCUT2D eigenvalue weighted by Crippen LogP contribution is -2.21. The first-order chi connectivity index (χ1) is 8.99. The summed E-state index contributed by atoms with van der Waals surface area (Å²) in [6.45, 7) is 1.69. The summed E-state index contributed by atoms with van der Waals surface area (Å²) >= 11 is 0. The maximum Gasteiger partial charge on any atom is 0.326 e. The van der Waals surface area contributed by atoms with Crippen molar-refractivity contribution in [3.8, 4) is 6.07 Å². The monoisotopic (exact) mass is 261 g/mol. The second-order valence-corrected chi connectivity index (χ2v) is 3.63. The van der Waals surface area contributed by atoms with E-state index >= 15 is 0 Å². The Morgan fingerprint density at radius 2 is 2.11 bits per heavy atom. The van der Waals surface area contributed by atoms with Gasteiger partial charge in [-0.3, -0.25) is 19.9 Å². The van der Waals surface area contributed by atoms with Crippen molar-refractivity contribution in [2.75, 3.05) is 0 Å². The van der Waals surface area contributed by atoms with Crippen LogP contribution in [0.3, 0.4) is 0 Å².